The summed E-state index contributed by atoms with van der Waals surface area (Å²) >= 11 is 0. The molecule has 7 rings (SSSR count). The summed E-state index contributed by atoms with van der Waals surface area (Å²) in [5, 5.41) is 15.4. The molecule has 2 aliphatic heterocycles. The number of aliphatic hydroxyl groups excluding tert-OH is 1. The van der Waals surface area contributed by atoms with Gasteiger partial charge in [-0.05, 0) is 98.2 Å². The maximum atomic E-state index is 11.3. The van der Waals surface area contributed by atoms with Crippen LogP contribution in [-0.4, -0.2) is 42.0 Å². The van der Waals surface area contributed by atoms with Crippen molar-refractivity contribution in [1.82, 2.24) is 0 Å². The van der Waals surface area contributed by atoms with Crippen LogP contribution < -0.4 is 0 Å². The minimum Gasteiger partial charge on any atom is -0.389 e. The van der Waals surface area contributed by atoms with Gasteiger partial charge < -0.3 is 19.4 Å². The third kappa shape index (κ3) is 2.48. The van der Waals surface area contributed by atoms with Crippen LogP contribution in [0.2, 0.25) is 0 Å². The average Bonchev–Trinajstić information content (AvgIpc) is 3.19. The van der Waals surface area contributed by atoms with Gasteiger partial charge in [-0.15, -0.1) is 0 Å². The zero-order chi connectivity index (χ0) is 22.8. The molecule has 0 radical (unpaired) electrons. The largest absolute Gasteiger partial charge is 0.389 e. The molecule has 0 aromatic carbocycles. The van der Waals surface area contributed by atoms with E-state index in [0.29, 0.717) is 22.7 Å². The average molecular weight is 458 g/mol. The van der Waals surface area contributed by atoms with Crippen LogP contribution in [0.25, 0.3) is 0 Å². The van der Waals surface area contributed by atoms with Crippen molar-refractivity contribution in [2.75, 3.05) is 13.2 Å². The number of oxime groups is 1. The number of hydrogen-bond donors (Lipinski definition) is 1. The van der Waals surface area contributed by atoms with Crippen molar-refractivity contribution in [1.29, 1.82) is 0 Å². The van der Waals surface area contributed by atoms with Gasteiger partial charge in [0.25, 0.3) is 0 Å². The smallest absolute Gasteiger partial charge is 0.175 e. The van der Waals surface area contributed by atoms with Crippen molar-refractivity contribution in [3.8, 4) is 0 Å². The summed E-state index contributed by atoms with van der Waals surface area (Å²) in [5.41, 5.74) is 1.97. The first-order chi connectivity index (χ1) is 15.8. The maximum Gasteiger partial charge on any atom is 0.175 e. The van der Waals surface area contributed by atoms with Crippen molar-refractivity contribution in [2.45, 2.75) is 103 Å². The molecule has 0 amide bonds. The Morgan fingerprint density at radius 3 is 2.48 bits per heavy atom. The molecule has 2 spiro atoms. The van der Waals surface area contributed by atoms with Gasteiger partial charge in [-0.2, -0.15) is 0 Å². The zero-order valence-corrected chi connectivity index (χ0v) is 21.0. The van der Waals surface area contributed by atoms with Crippen LogP contribution in [0, 0.1) is 51.8 Å². The Morgan fingerprint density at radius 2 is 1.79 bits per heavy atom. The Hall–Kier alpha value is -0.650. The number of fused-ring (bicyclic) bond motifs is 4. The Balaban J connectivity index is 1.18. The van der Waals surface area contributed by atoms with Crippen molar-refractivity contribution >= 4 is 5.71 Å². The molecule has 184 valence electrons. The van der Waals surface area contributed by atoms with Gasteiger partial charge in [-0.25, -0.2) is 0 Å². The zero-order valence-electron chi connectivity index (χ0n) is 21.0. The lowest BCUT2D eigenvalue weighted by Gasteiger charge is -2.63. The van der Waals surface area contributed by atoms with E-state index in [-0.39, 0.29) is 23.2 Å². The van der Waals surface area contributed by atoms with Crippen molar-refractivity contribution in [3.05, 3.63) is 0 Å². The fourth-order valence-electron chi connectivity index (χ4n) is 11.4. The third-order valence-corrected chi connectivity index (χ3v) is 12.8. The molecule has 5 nitrogen and oxygen atoms in total. The highest BCUT2D eigenvalue weighted by atomic mass is 16.7. The molecular weight excluding hydrogens is 414 g/mol. The monoisotopic (exact) mass is 457 g/mol. The molecule has 5 saturated carbocycles. The molecule has 0 aromatic heterocycles. The lowest BCUT2D eigenvalue weighted by atomic mass is 9.44. The summed E-state index contributed by atoms with van der Waals surface area (Å²) < 4.78 is 13.3. The van der Waals surface area contributed by atoms with Gasteiger partial charge in [0.15, 0.2) is 11.9 Å². The summed E-state index contributed by atoms with van der Waals surface area (Å²) in [6.07, 6.45) is 10.5. The van der Waals surface area contributed by atoms with Gasteiger partial charge in [-0.1, -0.05) is 25.9 Å². The summed E-state index contributed by atoms with van der Waals surface area (Å²) in [6, 6.07) is 0. The number of ether oxygens (including phenoxy) is 2. The van der Waals surface area contributed by atoms with E-state index in [0.717, 1.165) is 49.5 Å². The minimum absolute atomic E-state index is 0.165. The fourth-order valence-corrected chi connectivity index (χ4v) is 11.4. The Labute approximate surface area is 199 Å². The maximum absolute atomic E-state index is 11.3. The summed E-state index contributed by atoms with van der Waals surface area (Å²) in [5.74, 6) is 3.53. The second kappa shape index (κ2) is 6.76. The SMILES string of the molecule is CC1=NO[C@@H]([C@H](O)[C@@H](C)[C@H]2CC[C@H]3[C@@H]4CC5(OCCO5)[C@]56C[C@@H]5CC[C@]6(C)[C@H]4CC[C@]23C)C1. The Bertz CT molecular complexity index is 868. The van der Waals surface area contributed by atoms with Gasteiger partial charge in [-0.3, -0.25) is 0 Å². The van der Waals surface area contributed by atoms with Crippen LogP contribution in [-0.2, 0) is 14.3 Å². The van der Waals surface area contributed by atoms with E-state index in [1.54, 1.807) is 0 Å². The summed E-state index contributed by atoms with van der Waals surface area (Å²) in [7, 11) is 0. The molecule has 5 aliphatic carbocycles. The van der Waals surface area contributed by atoms with Crippen LogP contribution in [0.1, 0.15) is 85.5 Å². The predicted molar refractivity (Wildman–Crippen MR) is 125 cm³/mol. The molecule has 0 bridgehead atoms. The standard InChI is InChI=1S/C28H43NO4/c1-16-13-23(33-29-16)24(30)17(2)20-5-6-21-19-15-28(31-11-12-32-28)27-14-18(27)7-10-26(27,4)22(19)8-9-25(20,21)3/h17-24,30H,5-15H2,1-4H3/t17-,18-,19-,20+,21-,22-,23+,24+,25+,26+,27+/m0/s1. The predicted octanol–water partition coefficient (Wildman–Crippen LogP) is 5.16. The van der Waals surface area contributed by atoms with Gasteiger partial charge in [0.05, 0.1) is 25.0 Å². The molecule has 33 heavy (non-hydrogen) atoms. The van der Waals surface area contributed by atoms with E-state index in [2.05, 4.69) is 25.9 Å². The molecule has 11 atom stereocenters. The summed E-state index contributed by atoms with van der Waals surface area (Å²) in [6.45, 7) is 11.0. The number of aliphatic hydroxyl groups is 1. The quantitative estimate of drug-likeness (QED) is 0.636. The second-order valence-electron chi connectivity index (χ2n) is 13.6. The molecule has 0 unspecified atom stereocenters. The van der Waals surface area contributed by atoms with Crippen LogP contribution in [0.4, 0.5) is 0 Å². The number of nitrogens with zero attached hydrogens (tertiary/aromatic N) is 1. The summed E-state index contributed by atoms with van der Waals surface area (Å²) in [4.78, 5) is 5.61. The Kier molecular flexibility index (Phi) is 4.43. The lowest BCUT2D eigenvalue weighted by Crippen LogP contribution is -2.62. The highest BCUT2D eigenvalue weighted by molar-refractivity contribution is 5.82. The number of rotatable bonds is 3. The molecule has 1 saturated heterocycles. The van der Waals surface area contributed by atoms with E-state index >= 15 is 0 Å². The molecule has 6 fully saturated rings. The van der Waals surface area contributed by atoms with E-state index in [4.69, 9.17) is 14.3 Å². The second-order valence-corrected chi connectivity index (χ2v) is 13.6. The van der Waals surface area contributed by atoms with Crippen LogP contribution >= 0.6 is 0 Å². The highest BCUT2D eigenvalue weighted by Crippen LogP contribution is 2.85. The molecule has 5 heteroatoms. The van der Waals surface area contributed by atoms with Crippen LogP contribution in [0.5, 0.6) is 0 Å². The van der Waals surface area contributed by atoms with Crippen molar-refractivity contribution in [2.24, 2.45) is 56.9 Å². The van der Waals surface area contributed by atoms with Gasteiger partial charge in [0.2, 0.25) is 0 Å². The normalized spacial score (nSPS) is 55.2. The topological polar surface area (TPSA) is 60.3 Å². The molecule has 7 aliphatic rings. The third-order valence-electron chi connectivity index (χ3n) is 12.8. The first kappa shape index (κ1) is 21.6. The minimum atomic E-state index is -0.438. The van der Waals surface area contributed by atoms with Gasteiger partial charge in [0, 0.05) is 18.3 Å². The molecule has 2 heterocycles. The van der Waals surface area contributed by atoms with Gasteiger partial charge in [0.1, 0.15) is 0 Å². The fraction of sp³-hybridized carbons (Fsp3) is 0.964. The first-order valence-electron chi connectivity index (χ1n) is 13.9. The highest BCUT2D eigenvalue weighted by Gasteiger charge is 2.83. The van der Waals surface area contributed by atoms with Crippen molar-refractivity contribution < 1.29 is 19.4 Å². The van der Waals surface area contributed by atoms with E-state index in [1.807, 2.05) is 6.92 Å². The van der Waals surface area contributed by atoms with E-state index in [1.165, 1.54) is 44.9 Å². The first-order valence-corrected chi connectivity index (χ1v) is 13.9. The Morgan fingerprint density at radius 1 is 1.00 bits per heavy atom. The number of hydrogen-bond acceptors (Lipinski definition) is 5. The molecule has 1 N–H and O–H groups in total. The molecular formula is C28H43NO4. The van der Waals surface area contributed by atoms with Crippen LogP contribution in [0.15, 0.2) is 5.16 Å². The van der Waals surface area contributed by atoms with E-state index in [9.17, 15) is 5.11 Å². The van der Waals surface area contributed by atoms with Gasteiger partial charge >= 0.3 is 0 Å². The lowest BCUT2D eigenvalue weighted by molar-refractivity contribution is -0.294. The van der Waals surface area contributed by atoms with E-state index < -0.39 is 6.10 Å². The van der Waals surface area contributed by atoms with Crippen LogP contribution in [0.3, 0.4) is 0 Å². The molecule has 0 aromatic rings. The van der Waals surface area contributed by atoms with Crippen molar-refractivity contribution in [3.63, 3.8) is 0 Å².